The Kier molecular flexibility index (Phi) is 5.28. The summed E-state index contributed by atoms with van der Waals surface area (Å²) in [5, 5.41) is 9.18. The van der Waals surface area contributed by atoms with E-state index >= 15 is 0 Å². The van der Waals surface area contributed by atoms with Crippen LogP contribution in [0.5, 0.6) is 0 Å². The Bertz CT molecular complexity index is 589. The molecule has 2 heterocycles. The zero-order valence-electron chi connectivity index (χ0n) is 12.1. The van der Waals surface area contributed by atoms with Crippen molar-refractivity contribution in [3.05, 3.63) is 24.5 Å². The lowest BCUT2D eigenvalue weighted by atomic mass is 10.1. The van der Waals surface area contributed by atoms with Gasteiger partial charge in [-0.2, -0.15) is 9.57 Å². The molecule has 21 heavy (non-hydrogen) atoms. The number of pyridine rings is 1. The largest absolute Gasteiger partial charge is 0.285 e. The maximum Gasteiger partial charge on any atom is 0.244 e. The first-order valence-corrected chi connectivity index (χ1v) is 8.57. The topological polar surface area (TPSA) is 77.3 Å². The monoisotopic (exact) mass is 308 g/mol. The number of hydrogen-bond donors (Lipinski definition) is 0. The average molecular weight is 308 g/mol. The van der Waals surface area contributed by atoms with Crippen molar-refractivity contribution >= 4 is 10.0 Å². The summed E-state index contributed by atoms with van der Waals surface area (Å²) in [4.78, 5) is 6.16. The molecule has 7 heteroatoms. The summed E-state index contributed by atoms with van der Waals surface area (Å²) >= 11 is 0. The molecule has 1 aliphatic rings. The molecule has 1 aliphatic heterocycles. The van der Waals surface area contributed by atoms with Crippen LogP contribution in [0.1, 0.15) is 19.8 Å². The van der Waals surface area contributed by atoms with E-state index in [9.17, 15) is 13.7 Å². The fourth-order valence-corrected chi connectivity index (χ4v) is 3.89. The summed E-state index contributed by atoms with van der Waals surface area (Å²) in [6, 6.07) is 5.37. The van der Waals surface area contributed by atoms with Gasteiger partial charge in [0.25, 0.3) is 0 Å². The van der Waals surface area contributed by atoms with E-state index in [-0.39, 0.29) is 10.9 Å². The minimum absolute atomic E-state index is 0.113. The van der Waals surface area contributed by atoms with E-state index in [0.717, 1.165) is 12.8 Å². The maximum atomic E-state index is 12.5. The predicted molar refractivity (Wildman–Crippen MR) is 78.9 cm³/mol. The van der Waals surface area contributed by atoms with Gasteiger partial charge in [-0.3, -0.25) is 9.88 Å². The highest BCUT2D eigenvalue weighted by Gasteiger charge is 2.30. The molecule has 2 rings (SSSR count). The molecule has 0 amide bonds. The standard InChI is InChI=1S/C14H20N4O2S/c1-2-4-13(11-15)17-7-9-18(10-8-17)21(19,20)14-5-3-6-16-12-14/h3,5-6,12-13H,2,4,7-10H2,1H3. The van der Waals surface area contributed by atoms with Crippen molar-refractivity contribution in [2.45, 2.75) is 30.7 Å². The van der Waals surface area contributed by atoms with E-state index < -0.39 is 10.0 Å². The van der Waals surface area contributed by atoms with Gasteiger partial charge in [-0.15, -0.1) is 0 Å². The molecule has 0 spiro atoms. The summed E-state index contributed by atoms with van der Waals surface area (Å²) in [5.41, 5.74) is 0. The molecule has 1 aromatic heterocycles. The number of hydrogen-bond acceptors (Lipinski definition) is 5. The Hall–Kier alpha value is -1.49. The Morgan fingerprint density at radius 3 is 2.62 bits per heavy atom. The summed E-state index contributed by atoms with van der Waals surface area (Å²) < 4.78 is 26.4. The fourth-order valence-electron chi connectivity index (χ4n) is 2.51. The van der Waals surface area contributed by atoms with Gasteiger partial charge in [-0.25, -0.2) is 8.42 Å². The van der Waals surface area contributed by atoms with E-state index in [2.05, 4.69) is 16.0 Å². The molecule has 1 atom stereocenters. The summed E-state index contributed by atoms with van der Waals surface area (Å²) in [6.07, 6.45) is 4.70. The van der Waals surface area contributed by atoms with Gasteiger partial charge in [0.15, 0.2) is 0 Å². The van der Waals surface area contributed by atoms with Crippen LogP contribution in [0.3, 0.4) is 0 Å². The van der Waals surface area contributed by atoms with Gasteiger partial charge in [-0.1, -0.05) is 13.3 Å². The molecule has 114 valence electrons. The number of aromatic nitrogens is 1. The van der Waals surface area contributed by atoms with Crippen LogP contribution in [0.15, 0.2) is 29.4 Å². The Balaban J connectivity index is 2.03. The van der Waals surface area contributed by atoms with Gasteiger partial charge >= 0.3 is 0 Å². The van der Waals surface area contributed by atoms with Crippen molar-refractivity contribution in [1.82, 2.24) is 14.2 Å². The zero-order valence-corrected chi connectivity index (χ0v) is 13.0. The van der Waals surface area contributed by atoms with Crippen LogP contribution in [-0.4, -0.2) is 54.8 Å². The highest BCUT2D eigenvalue weighted by atomic mass is 32.2. The number of rotatable bonds is 5. The molecule has 1 unspecified atom stereocenters. The van der Waals surface area contributed by atoms with Gasteiger partial charge in [0.2, 0.25) is 10.0 Å². The molecule has 1 aromatic rings. The van der Waals surface area contributed by atoms with Crippen LogP contribution in [0, 0.1) is 11.3 Å². The van der Waals surface area contributed by atoms with Gasteiger partial charge < -0.3 is 0 Å². The summed E-state index contributed by atoms with van der Waals surface area (Å²) in [6.45, 7) is 4.07. The second kappa shape index (κ2) is 6.98. The maximum absolute atomic E-state index is 12.5. The van der Waals surface area contributed by atoms with E-state index in [1.807, 2.05) is 6.92 Å². The Morgan fingerprint density at radius 2 is 2.10 bits per heavy atom. The van der Waals surface area contributed by atoms with Crippen LogP contribution >= 0.6 is 0 Å². The molecule has 0 radical (unpaired) electrons. The Morgan fingerprint density at radius 1 is 1.38 bits per heavy atom. The van der Waals surface area contributed by atoms with E-state index in [1.165, 1.54) is 10.5 Å². The smallest absolute Gasteiger partial charge is 0.244 e. The molecule has 0 N–H and O–H groups in total. The third-order valence-electron chi connectivity index (χ3n) is 3.70. The van der Waals surface area contributed by atoms with Gasteiger partial charge in [0.05, 0.1) is 12.1 Å². The van der Waals surface area contributed by atoms with Gasteiger partial charge in [-0.05, 0) is 18.6 Å². The fraction of sp³-hybridized carbons (Fsp3) is 0.571. The minimum atomic E-state index is -3.47. The summed E-state index contributed by atoms with van der Waals surface area (Å²) in [7, 11) is -3.47. The van der Waals surface area contributed by atoms with Crippen molar-refractivity contribution in [3.8, 4) is 6.07 Å². The molecule has 0 aromatic carbocycles. The van der Waals surface area contributed by atoms with Crippen LogP contribution in [-0.2, 0) is 10.0 Å². The van der Waals surface area contributed by atoms with Crippen LogP contribution in [0.25, 0.3) is 0 Å². The van der Waals surface area contributed by atoms with Crippen molar-refractivity contribution in [2.24, 2.45) is 0 Å². The van der Waals surface area contributed by atoms with Gasteiger partial charge in [0.1, 0.15) is 4.90 Å². The molecular weight excluding hydrogens is 288 g/mol. The van der Waals surface area contributed by atoms with E-state index in [4.69, 9.17) is 0 Å². The lowest BCUT2D eigenvalue weighted by molar-refractivity contribution is 0.156. The quantitative estimate of drug-likeness (QED) is 0.813. The molecule has 1 saturated heterocycles. The Labute approximate surface area is 126 Å². The zero-order chi connectivity index (χ0) is 15.3. The first-order chi connectivity index (χ1) is 10.1. The van der Waals surface area contributed by atoms with Crippen molar-refractivity contribution in [3.63, 3.8) is 0 Å². The third kappa shape index (κ3) is 3.59. The second-order valence-electron chi connectivity index (χ2n) is 5.06. The number of nitriles is 1. The van der Waals surface area contributed by atoms with Crippen LogP contribution in [0.4, 0.5) is 0 Å². The molecular formula is C14H20N4O2S. The molecule has 0 saturated carbocycles. The van der Waals surface area contributed by atoms with Crippen molar-refractivity contribution in [2.75, 3.05) is 26.2 Å². The van der Waals surface area contributed by atoms with Crippen LogP contribution < -0.4 is 0 Å². The van der Waals surface area contributed by atoms with Gasteiger partial charge in [0, 0.05) is 38.6 Å². The molecule has 0 aliphatic carbocycles. The van der Waals surface area contributed by atoms with Crippen LogP contribution in [0.2, 0.25) is 0 Å². The number of nitrogens with zero attached hydrogens (tertiary/aromatic N) is 4. The SMILES string of the molecule is CCCC(C#N)N1CCN(S(=O)(=O)c2cccnc2)CC1. The minimum Gasteiger partial charge on any atom is -0.285 e. The average Bonchev–Trinajstić information content (AvgIpc) is 2.53. The number of sulfonamides is 1. The normalized spacial score (nSPS) is 19.0. The van der Waals surface area contributed by atoms with Crippen molar-refractivity contribution in [1.29, 1.82) is 5.26 Å². The predicted octanol–water partition coefficient (Wildman–Crippen LogP) is 1.08. The first-order valence-electron chi connectivity index (χ1n) is 7.13. The van der Waals surface area contributed by atoms with E-state index in [1.54, 1.807) is 18.3 Å². The molecule has 1 fully saturated rings. The lowest BCUT2D eigenvalue weighted by Crippen LogP contribution is -2.51. The lowest BCUT2D eigenvalue weighted by Gasteiger charge is -2.36. The second-order valence-corrected chi connectivity index (χ2v) is 7.00. The highest BCUT2D eigenvalue weighted by Crippen LogP contribution is 2.18. The van der Waals surface area contributed by atoms with E-state index in [0.29, 0.717) is 26.2 Å². The molecule has 6 nitrogen and oxygen atoms in total. The number of piperazine rings is 1. The first kappa shape index (κ1) is 15.9. The highest BCUT2D eigenvalue weighted by molar-refractivity contribution is 7.89. The van der Waals surface area contributed by atoms with Crippen molar-refractivity contribution < 1.29 is 8.42 Å². The molecule has 0 bridgehead atoms. The summed E-state index contributed by atoms with van der Waals surface area (Å²) in [5.74, 6) is 0. The third-order valence-corrected chi connectivity index (χ3v) is 5.58.